The van der Waals surface area contributed by atoms with Crippen LogP contribution in [0.5, 0.6) is 0 Å². The van der Waals surface area contributed by atoms with Gasteiger partial charge in [0.2, 0.25) is 0 Å². The maximum atomic E-state index is 13.7. The average Bonchev–Trinajstić information content (AvgIpc) is 3.02. The van der Waals surface area contributed by atoms with E-state index in [1.165, 1.54) is 6.07 Å². The van der Waals surface area contributed by atoms with Crippen LogP contribution >= 0.6 is 0 Å². The van der Waals surface area contributed by atoms with Crippen molar-refractivity contribution in [1.29, 1.82) is 0 Å². The lowest BCUT2D eigenvalue weighted by Gasteiger charge is -2.17. The van der Waals surface area contributed by atoms with Gasteiger partial charge < -0.3 is 15.2 Å². The van der Waals surface area contributed by atoms with Crippen molar-refractivity contribution in [2.24, 2.45) is 0 Å². The lowest BCUT2D eigenvalue weighted by Crippen LogP contribution is -2.31. The quantitative estimate of drug-likeness (QED) is 0.818. The first kappa shape index (κ1) is 19.1. The van der Waals surface area contributed by atoms with Gasteiger partial charge in [-0.2, -0.15) is 0 Å². The second-order valence-electron chi connectivity index (χ2n) is 7.06. The Morgan fingerprint density at radius 3 is 2.74 bits per heavy atom. The van der Waals surface area contributed by atoms with E-state index >= 15 is 0 Å². The minimum atomic E-state index is -0.335. The van der Waals surface area contributed by atoms with E-state index in [-0.39, 0.29) is 29.5 Å². The van der Waals surface area contributed by atoms with Gasteiger partial charge in [-0.3, -0.25) is 9.59 Å². The molecule has 2 heterocycles. The fourth-order valence-corrected chi connectivity index (χ4v) is 3.32. The van der Waals surface area contributed by atoms with Gasteiger partial charge in [0.15, 0.2) is 5.82 Å². The van der Waals surface area contributed by atoms with Crippen molar-refractivity contribution in [2.45, 2.75) is 52.1 Å². The molecule has 2 amide bonds. The van der Waals surface area contributed by atoms with E-state index in [1.54, 1.807) is 18.2 Å². The van der Waals surface area contributed by atoms with Crippen molar-refractivity contribution in [3.8, 4) is 0 Å². The van der Waals surface area contributed by atoms with Gasteiger partial charge in [0, 0.05) is 19.1 Å². The molecule has 7 heteroatoms. The highest BCUT2D eigenvalue weighted by molar-refractivity contribution is 5.97. The zero-order valence-corrected chi connectivity index (χ0v) is 15.7. The Balaban J connectivity index is 1.73. The molecule has 27 heavy (non-hydrogen) atoms. The molecule has 144 valence electrons. The summed E-state index contributed by atoms with van der Waals surface area (Å²) in [5.74, 6) is -0.608. The van der Waals surface area contributed by atoms with Crippen molar-refractivity contribution >= 4 is 11.8 Å². The van der Waals surface area contributed by atoms with Crippen LogP contribution < -0.4 is 10.6 Å². The van der Waals surface area contributed by atoms with Gasteiger partial charge in [0.05, 0.1) is 5.69 Å². The molecule has 3 rings (SSSR count). The standard InChI is InChI=1S/C20H25FN4O2/c1-13(2)23-19(26)17-16-9-5-6-12-25(16)18(24-17)20(27)22-11-10-14-7-3-4-8-15(14)21/h3-4,7-8,13H,5-6,9-12H2,1-2H3,(H,22,27)(H,23,26). The molecule has 0 radical (unpaired) electrons. The van der Waals surface area contributed by atoms with Crippen molar-refractivity contribution < 1.29 is 14.0 Å². The number of halogens is 1. The predicted octanol–water partition coefficient (Wildman–Crippen LogP) is 2.47. The van der Waals surface area contributed by atoms with Gasteiger partial charge in [-0.1, -0.05) is 18.2 Å². The first-order chi connectivity index (χ1) is 13.0. The second-order valence-corrected chi connectivity index (χ2v) is 7.06. The van der Waals surface area contributed by atoms with Crippen LogP contribution in [0.1, 0.15) is 59.1 Å². The summed E-state index contributed by atoms with van der Waals surface area (Å²) in [6.07, 6.45) is 3.05. The molecule has 0 bridgehead atoms. The number of imidazole rings is 1. The van der Waals surface area contributed by atoms with Crippen LogP contribution in [0.3, 0.4) is 0 Å². The minimum Gasteiger partial charge on any atom is -0.349 e. The van der Waals surface area contributed by atoms with Crippen molar-refractivity contribution in [3.05, 3.63) is 52.9 Å². The SMILES string of the molecule is CC(C)NC(=O)c1nc(C(=O)NCCc2ccccc2F)n2c1CCCC2. The molecule has 0 aliphatic carbocycles. The summed E-state index contributed by atoms with van der Waals surface area (Å²) in [7, 11) is 0. The Morgan fingerprint density at radius 2 is 2.00 bits per heavy atom. The Labute approximate surface area is 158 Å². The number of carbonyl (C=O) groups excluding carboxylic acids is 2. The number of fused-ring (bicyclic) bond motifs is 1. The maximum absolute atomic E-state index is 13.7. The molecule has 0 fully saturated rings. The predicted molar refractivity (Wildman–Crippen MR) is 100 cm³/mol. The van der Waals surface area contributed by atoms with Gasteiger partial charge >= 0.3 is 0 Å². The topological polar surface area (TPSA) is 76.0 Å². The number of rotatable bonds is 6. The third kappa shape index (κ3) is 4.35. The number of nitrogens with zero attached hydrogens (tertiary/aromatic N) is 2. The normalized spacial score (nSPS) is 13.3. The smallest absolute Gasteiger partial charge is 0.287 e. The Bertz CT molecular complexity index is 845. The number of carbonyl (C=O) groups is 2. The van der Waals surface area contributed by atoms with Gasteiger partial charge in [0.1, 0.15) is 11.5 Å². The first-order valence-electron chi connectivity index (χ1n) is 9.39. The fourth-order valence-electron chi connectivity index (χ4n) is 3.32. The van der Waals surface area contributed by atoms with Crippen LogP contribution in [0, 0.1) is 5.82 Å². The Kier molecular flexibility index (Phi) is 5.88. The van der Waals surface area contributed by atoms with E-state index in [2.05, 4.69) is 15.6 Å². The van der Waals surface area contributed by atoms with Gasteiger partial charge in [-0.05, 0) is 51.2 Å². The summed E-state index contributed by atoms with van der Waals surface area (Å²) in [5, 5.41) is 5.64. The zero-order chi connectivity index (χ0) is 19.4. The van der Waals surface area contributed by atoms with Crippen LogP contribution in [0.4, 0.5) is 4.39 Å². The highest BCUT2D eigenvalue weighted by atomic mass is 19.1. The van der Waals surface area contributed by atoms with E-state index < -0.39 is 0 Å². The highest BCUT2D eigenvalue weighted by Gasteiger charge is 2.27. The summed E-state index contributed by atoms with van der Waals surface area (Å²) in [6, 6.07) is 6.51. The van der Waals surface area contributed by atoms with E-state index in [4.69, 9.17) is 0 Å². The monoisotopic (exact) mass is 372 g/mol. The van der Waals surface area contributed by atoms with E-state index in [1.807, 2.05) is 18.4 Å². The van der Waals surface area contributed by atoms with Crippen LogP contribution in [-0.4, -0.2) is 34.0 Å². The molecule has 1 aliphatic rings. The number of benzene rings is 1. The highest BCUT2D eigenvalue weighted by Crippen LogP contribution is 2.21. The summed E-state index contributed by atoms with van der Waals surface area (Å²) in [4.78, 5) is 29.4. The molecule has 2 aromatic rings. The van der Waals surface area contributed by atoms with Crippen molar-refractivity contribution in [3.63, 3.8) is 0 Å². The molecular weight excluding hydrogens is 347 g/mol. The number of hydrogen-bond donors (Lipinski definition) is 2. The first-order valence-corrected chi connectivity index (χ1v) is 9.39. The molecule has 1 aromatic heterocycles. The lowest BCUT2D eigenvalue weighted by molar-refractivity contribution is 0.0936. The van der Waals surface area contributed by atoms with Gasteiger partial charge in [-0.25, -0.2) is 9.37 Å². The van der Waals surface area contributed by atoms with Crippen molar-refractivity contribution in [1.82, 2.24) is 20.2 Å². The van der Waals surface area contributed by atoms with Gasteiger partial charge in [-0.15, -0.1) is 0 Å². The molecule has 0 atom stereocenters. The number of hydrogen-bond acceptors (Lipinski definition) is 3. The second kappa shape index (κ2) is 8.33. The van der Waals surface area contributed by atoms with Gasteiger partial charge in [0.25, 0.3) is 11.8 Å². The molecule has 1 aliphatic heterocycles. The van der Waals surface area contributed by atoms with Crippen LogP contribution in [-0.2, 0) is 19.4 Å². The van der Waals surface area contributed by atoms with Crippen LogP contribution in [0.2, 0.25) is 0 Å². The van der Waals surface area contributed by atoms with E-state index in [0.29, 0.717) is 30.8 Å². The maximum Gasteiger partial charge on any atom is 0.287 e. The fraction of sp³-hybridized carbons (Fsp3) is 0.450. The van der Waals surface area contributed by atoms with Crippen LogP contribution in [0.25, 0.3) is 0 Å². The largest absolute Gasteiger partial charge is 0.349 e. The zero-order valence-electron chi connectivity index (χ0n) is 15.7. The number of amides is 2. The summed E-state index contributed by atoms with van der Waals surface area (Å²) < 4.78 is 15.5. The molecule has 6 nitrogen and oxygen atoms in total. The molecule has 0 saturated carbocycles. The Hall–Kier alpha value is -2.70. The molecule has 1 aromatic carbocycles. The van der Waals surface area contributed by atoms with Crippen LogP contribution in [0.15, 0.2) is 24.3 Å². The summed E-state index contributed by atoms with van der Waals surface area (Å²) in [5.41, 5.74) is 1.71. The minimum absolute atomic E-state index is 0.00325. The molecule has 0 spiro atoms. The third-order valence-electron chi connectivity index (χ3n) is 4.59. The summed E-state index contributed by atoms with van der Waals surface area (Å²) >= 11 is 0. The third-order valence-corrected chi connectivity index (χ3v) is 4.59. The van der Waals surface area contributed by atoms with E-state index in [9.17, 15) is 14.0 Å². The number of aromatic nitrogens is 2. The number of nitrogens with one attached hydrogen (secondary N) is 2. The Morgan fingerprint density at radius 1 is 1.22 bits per heavy atom. The molecule has 0 saturated heterocycles. The lowest BCUT2D eigenvalue weighted by atomic mass is 10.1. The average molecular weight is 372 g/mol. The molecule has 2 N–H and O–H groups in total. The summed E-state index contributed by atoms with van der Waals surface area (Å²) in [6.45, 7) is 4.75. The van der Waals surface area contributed by atoms with E-state index in [0.717, 1.165) is 25.0 Å². The molecular formula is C20H25FN4O2. The van der Waals surface area contributed by atoms with Crippen molar-refractivity contribution in [2.75, 3.05) is 6.54 Å². The molecule has 0 unspecified atom stereocenters.